The summed E-state index contributed by atoms with van der Waals surface area (Å²) in [6, 6.07) is 16.2. The first kappa shape index (κ1) is 19.2. The third-order valence-electron chi connectivity index (χ3n) is 4.07. The van der Waals surface area contributed by atoms with Gasteiger partial charge in [-0.2, -0.15) is 0 Å². The molecule has 0 radical (unpaired) electrons. The lowest BCUT2D eigenvalue weighted by molar-refractivity contribution is 0.597. The molecule has 5 nitrogen and oxygen atoms in total. The van der Waals surface area contributed by atoms with Crippen LogP contribution >= 0.6 is 0 Å². The number of hydrogen-bond acceptors (Lipinski definition) is 4. The Morgan fingerprint density at radius 3 is 1.70 bits per heavy atom. The molecule has 0 amide bonds. The van der Waals surface area contributed by atoms with Crippen LogP contribution in [0.2, 0.25) is 0 Å². The fourth-order valence-corrected chi connectivity index (χ4v) is 3.87. The van der Waals surface area contributed by atoms with E-state index >= 15 is 0 Å². The molecule has 3 aromatic carbocycles. The number of rotatable bonds is 4. The van der Waals surface area contributed by atoms with E-state index in [1.54, 1.807) is 18.2 Å². The van der Waals surface area contributed by atoms with Crippen molar-refractivity contribution < 1.29 is 21.2 Å². The number of benzene rings is 3. The highest BCUT2D eigenvalue weighted by atomic mass is 32.2. The minimum Gasteiger partial charge on any atom is -0.225 e. The highest BCUT2D eigenvalue weighted by Gasteiger charge is 2.15. The van der Waals surface area contributed by atoms with Crippen molar-refractivity contribution in [1.29, 1.82) is 0 Å². The van der Waals surface area contributed by atoms with Gasteiger partial charge in [-0.05, 0) is 58.7 Å². The molecule has 0 atom stereocenters. The van der Waals surface area contributed by atoms with Gasteiger partial charge in [-0.15, -0.1) is 0 Å². The van der Waals surface area contributed by atoms with Crippen LogP contribution in [-0.4, -0.2) is 23.1 Å². The van der Waals surface area contributed by atoms with Crippen LogP contribution < -0.4 is 5.14 Å². The quantitative estimate of drug-likeness (QED) is 0.721. The molecular weight excluding hydrogens is 389 g/mol. The smallest absolute Gasteiger partial charge is 0.225 e. The van der Waals surface area contributed by atoms with Gasteiger partial charge in [0, 0.05) is 6.26 Å². The lowest BCUT2D eigenvalue weighted by Gasteiger charge is -2.13. The Morgan fingerprint density at radius 2 is 1.19 bits per heavy atom. The molecular formula is C19H16FNO4S2. The Labute approximate surface area is 157 Å². The second-order valence-corrected chi connectivity index (χ2v) is 9.63. The predicted molar refractivity (Wildman–Crippen MR) is 102 cm³/mol. The summed E-state index contributed by atoms with van der Waals surface area (Å²) in [7, 11) is -7.25. The summed E-state index contributed by atoms with van der Waals surface area (Å²) in [6.07, 6.45) is 1.12. The monoisotopic (exact) mass is 405 g/mol. The third-order valence-corrected chi connectivity index (χ3v) is 6.11. The first-order valence-corrected chi connectivity index (χ1v) is 11.2. The number of nitrogens with two attached hydrogens (primary N) is 1. The zero-order valence-corrected chi connectivity index (χ0v) is 15.9. The molecule has 0 unspecified atom stereocenters. The van der Waals surface area contributed by atoms with Crippen LogP contribution in [0.25, 0.3) is 22.3 Å². The third kappa shape index (κ3) is 4.24. The van der Waals surface area contributed by atoms with E-state index in [1.807, 2.05) is 0 Å². The molecule has 0 heterocycles. The molecule has 0 aliphatic heterocycles. The van der Waals surface area contributed by atoms with Gasteiger partial charge in [-0.25, -0.2) is 26.4 Å². The molecule has 0 aliphatic carbocycles. The normalized spacial score (nSPS) is 12.1. The van der Waals surface area contributed by atoms with Crippen LogP contribution in [0.15, 0.2) is 76.5 Å². The van der Waals surface area contributed by atoms with Gasteiger partial charge >= 0.3 is 0 Å². The summed E-state index contributed by atoms with van der Waals surface area (Å²) in [5.41, 5.74) is 2.48. The maximum Gasteiger partial charge on any atom is 0.238 e. The van der Waals surface area contributed by atoms with Gasteiger partial charge < -0.3 is 0 Å². The average molecular weight is 405 g/mol. The van der Waals surface area contributed by atoms with E-state index in [0.717, 1.165) is 6.26 Å². The van der Waals surface area contributed by atoms with Gasteiger partial charge in [-0.3, -0.25) is 0 Å². The molecule has 2 N–H and O–H groups in total. The van der Waals surface area contributed by atoms with E-state index in [9.17, 15) is 21.2 Å². The molecule has 0 aliphatic rings. The predicted octanol–water partition coefficient (Wildman–Crippen LogP) is 3.21. The van der Waals surface area contributed by atoms with Crippen molar-refractivity contribution in [3.8, 4) is 22.3 Å². The highest BCUT2D eigenvalue weighted by Crippen LogP contribution is 2.34. The maximum atomic E-state index is 13.3. The lowest BCUT2D eigenvalue weighted by Crippen LogP contribution is -2.12. The Kier molecular flexibility index (Phi) is 4.90. The summed E-state index contributed by atoms with van der Waals surface area (Å²) in [5.74, 6) is -0.416. The fraction of sp³-hybridized carbons (Fsp3) is 0.0526. The topological polar surface area (TPSA) is 94.3 Å². The van der Waals surface area contributed by atoms with Crippen molar-refractivity contribution in [2.24, 2.45) is 5.14 Å². The van der Waals surface area contributed by atoms with Crippen LogP contribution in [0, 0.1) is 5.82 Å². The Morgan fingerprint density at radius 1 is 0.704 bits per heavy atom. The molecule has 3 rings (SSSR count). The van der Waals surface area contributed by atoms with Gasteiger partial charge in [-0.1, -0.05) is 30.3 Å². The largest absolute Gasteiger partial charge is 0.238 e. The summed E-state index contributed by atoms with van der Waals surface area (Å²) in [4.78, 5) is 0.106. The molecule has 140 valence electrons. The molecule has 8 heteroatoms. The second kappa shape index (κ2) is 6.88. The van der Waals surface area contributed by atoms with E-state index < -0.39 is 25.7 Å². The standard InChI is InChI=1S/C19H16FNO4S2/c1-26(22,23)16-8-4-13(5-9-16)18-11-10-17(27(21,24)25)12-19(18)14-2-6-15(20)7-3-14/h2-12H,1H3,(H2,21,24,25). The fourth-order valence-electron chi connectivity index (χ4n) is 2.70. The van der Waals surface area contributed by atoms with Crippen molar-refractivity contribution >= 4 is 19.9 Å². The molecule has 3 aromatic rings. The molecule has 0 spiro atoms. The van der Waals surface area contributed by atoms with Crippen molar-refractivity contribution in [2.45, 2.75) is 9.79 Å². The SMILES string of the molecule is CS(=O)(=O)c1ccc(-c2ccc(S(N)(=O)=O)cc2-c2ccc(F)cc2)cc1. The zero-order valence-electron chi connectivity index (χ0n) is 14.3. The number of primary sulfonamides is 1. The van der Waals surface area contributed by atoms with E-state index in [4.69, 9.17) is 5.14 Å². The highest BCUT2D eigenvalue weighted by molar-refractivity contribution is 7.90. The minimum absolute atomic E-state index is 0.0710. The summed E-state index contributed by atoms with van der Waals surface area (Å²) < 4.78 is 60.0. The number of halogens is 1. The number of sulfone groups is 1. The van der Waals surface area contributed by atoms with Crippen LogP contribution in [0.3, 0.4) is 0 Å². The van der Waals surface area contributed by atoms with Crippen LogP contribution in [0.4, 0.5) is 4.39 Å². The van der Waals surface area contributed by atoms with Gasteiger partial charge in [0.1, 0.15) is 5.82 Å². The zero-order chi connectivity index (χ0) is 19.8. The van der Waals surface area contributed by atoms with E-state index in [0.29, 0.717) is 22.3 Å². The van der Waals surface area contributed by atoms with Crippen molar-refractivity contribution in [3.63, 3.8) is 0 Å². The van der Waals surface area contributed by atoms with E-state index in [-0.39, 0.29) is 9.79 Å². The van der Waals surface area contributed by atoms with Gasteiger partial charge in [0.15, 0.2) is 9.84 Å². The van der Waals surface area contributed by atoms with Gasteiger partial charge in [0.05, 0.1) is 9.79 Å². The Balaban J connectivity index is 2.21. The first-order chi connectivity index (χ1) is 12.6. The minimum atomic E-state index is -3.92. The van der Waals surface area contributed by atoms with Gasteiger partial charge in [0.25, 0.3) is 0 Å². The first-order valence-electron chi connectivity index (χ1n) is 7.79. The molecule has 0 aromatic heterocycles. The molecule has 0 fully saturated rings. The Hall–Kier alpha value is -2.55. The average Bonchev–Trinajstić information content (AvgIpc) is 2.60. The maximum absolute atomic E-state index is 13.3. The van der Waals surface area contributed by atoms with Crippen molar-refractivity contribution in [3.05, 3.63) is 72.5 Å². The molecule has 0 saturated carbocycles. The summed E-state index contributed by atoms with van der Waals surface area (Å²) in [6.45, 7) is 0. The lowest BCUT2D eigenvalue weighted by atomic mass is 9.94. The second-order valence-electron chi connectivity index (χ2n) is 6.06. The van der Waals surface area contributed by atoms with Crippen molar-refractivity contribution in [2.75, 3.05) is 6.26 Å². The number of hydrogen-bond donors (Lipinski definition) is 1. The molecule has 0 bridgehead atoms. The number of sulfonamides is 1. The van der Waals surface area contributed by atoms with E-state index in [1.165, 1.54) is 48.5 Å². The van der Waals surface area contributed by atoms with Crippen LogP contribution in [-0.2, 0) is 19.9 Å². The summed E-state index contributed by atoms with van der Waals surface area (Å²) in [5, 5.41) is 5.23. The van der Waals surface area contributed by atoms with Crippen LogP contribution in [0.5, 0.6) is 0 Å². The van der Waals surface area contributed by atoms with Gasteiger partial charge in [0.2, 0.25) is 10.0 Å². The Bertz CT molecular complexity index is 1200. The molecule has 27 heavy (non-hydrogen) atoms. The van der Waals surface area contributed by atoms with Crippen molar-refractivity contribution in [1.82, 2.24) is 0 Å². The summed E-state index contributed by atoms with van der Waals surface area (Å²) >= 11 is 0. The van der Waals surface area contributed by atoms with E-state index in [2.05, 4.69) is 0 Å². The molecule has 0 saturated heterocycles. The van der Waals surface area contributed by atoms with Crippen LogP contribution in [0.1, 0.15) is 0 Å².